The summed E-state index contributed by atoms with van der Waals surface area (Å²) in [6.45, 7) is 3.70. The molecule has 1 unspecified atom stereocenters. The number of aryl methyl sites for hydroxylation is 1. The van der Waals surface area contributed by atoms with Gasteiger partial charge in [-0.05, 0) is 13.8 Å². The fourth-order valence-corrected chi connectivity index (χ4v) is 1.97. The van der Waals surface area contributed by atoms with Crippen LogP contribution in [0, 0.1) is 6.92 Å². The van der Waals surface area contributed by atoms with Gasteiger partial charge in [-0.2, -0.15) is 0 Å². The van der Waals surface area contributed by atoms with Gasteiger partial charge in [-0.15, -0.1) is 11.3 Å². The van der Waals surface area contributed by atoms with Crippen LogP contribution in [0.25, 0.3) is 0 Å². The molecule has 0 amide bonds. The largest absolute Gasteiger partial charge is 0.393 e. The van der Waals surface area contributed by atoms with E-state index in [1.54, 1.807) is 6.92 Å². The molecule has 1 aromatic heterocycles. The Hall–Kier alpha value is -0.120. The maximum Gasteiger partial charge on any atom is 0.184 e. The van der Waals surface area contributed by atoms with Crippen LogP contribution in [0.2, 0.25) is 4.47 Å². The van der Waals surface area contributed by atoms with Gasteiger partial charge < -0.3 is 5.11 Å². The minimum atomic E-state index is -0.341. The van der Waals surface area contributed by atoms with E-state index in [0.717, 1.165) is 10.6 Å². The summed E-state index contributed by atoms with van der Waals surface area (Å²) in [5, 5.41) is 9.06. The Bertz CT molecular complexity index is 247. The zero-order valence-electron chi connectivity index (χ0n) is 6.47. The molecule has 1 N–H and O–H groups in total. The van der Waals surface area contributed by atoms with Crippen molar-refractivity contribution in [1.29, 1.82) is 0 Å². The zero-order chi connectivity index (χ0) is 8.43. The van der Waals surface area contributed by atoms with Crippen molar-refractivity contribution in [2.24, 2.45) is 0 Å². The highest BCUT2D eigenvalue weighted by molar-refractivity contribution is 7.15. The van der Waals surface area contributed by atoms with Crippen molar-refractivity contribution in [1.82, 2.24) is 4.98 Å². The summed E-state index contributed by atoms with van der Waals surface area (Å²) in [5.41, 5.74) is 0.912. The summed E-state index contributed by atoms with van der Waals surface area (Å²) in [4.78, 5) is 5.17. The average molecular weight is 192 g/mol. The maximum absolute atomic E-state index is 9.06. The Labute approximate surface area is 74.8 Å². The molecule has 4 heteroatoms. The summed E-state index contributed by atoms with van der Waals surface area (Å²) < 4.78 is 0.554. The molecule has 0 aliphatic carbocycles. The molecule has 0 aliphatic heterocycles. The Morgan fingerprint density at radius 2 is 2.36 bits per heavy atom. The number of aromatic nitrogens is 1. The first-order valence-electron chi connectivity index (χ1n) is 3.39. The van der Waals surface area contributed by atoms with Gasteiger partial charge >= 0.3 is 0 Å². The highest BCUT2D eigenvalue weighted by Crippen LogP contribution is 2.22. The summed E-state index contributed by atoms with van der Waals surface area (Å²) >= 11 is 7.13. The van der Waals surface area contributed by atoms with Crippen molar-refractivity contribution >= 4 is 22.9 Å². The summed E-state index contributed by atoms with van der Waals surface area (Å²) in [7, 11) is 0. The third kappa shape index (κ3) is 2.43. The lowest BCUT2D eigenvalue weighted by molar-refractivity contribution is 0.194. The van der Waals surface area contributed by atoms with Crippen LogP contribution in [0.5, 0.6) is 0 Å². The second kappa shape index (κ2) is 3.52. The second-order valence-corrected chi connectivity index (χ2v) is 4.31. The van der Waals surface area contributed by atoms with Gasteiger partial charge in [0.05, 0.1) is 11.8 Å². The standard InChI is InChI=1S/C7H10ClNOS/c1-4(10)3-6-5(2)11-7(8)9-6/h4,10H,3H2,1-2H3. The predicted octanol–water partition coefficient (Wildman–Crippen LogP) is 2.03. The van der Waals surface area contributed by atoms with Crippen molar-refractivity contribution in [3.63, 3.8) is 0 Å². The topological polar surface area (TPSA) is 33.1 Å². The Morgan fingerprint density at radius 1 is 1.73 bits per heavy atom. The van der Waals surface area contributed by atoms with Crippen molar-refractivity contribution in [3.8, 4) is 0 Å². The molecule has 62 valence electrons. The van der Waals surface area contributed by atoms with Gasteiger partial charge in [0, 0.05) is 11.3 Å². The highest BCUT2D eigenvalue weighted by atomic mass is 35.5. The van der Waals surface area contributed by atoms with Gasteiger partial charge in [0.2, 0.25) is 0 Å². The van der Waals surface area contributed by atoms with Crippen LogP contribution in [-0.2, 0) is 6.42 Å². The van der Waals surface area contributed by atoms with Crippen LogP contribution in [-0.4, -0.2) is 16.2 Å². The molecule has 2 nitrogen and oxygen atoms in total. The third-order valence-corrected chi connectivity index (χ3v) is 2.47. The van der Waals surface area contributed by atoms with E-state index < -0.39 is 0 Å². The lowest BCUT2D eigenvalue weighted by Gasteiger charge is -1.99. The van der Waals surface area contributed by atoms with Gasteiger partial charge in [0.1, 0.15) is 0 Å². The van der Waals surface area contributed by atoms with E-state index in [-0.39, 0.29) is 6.10 Å². The number of hydrogen-bond acceptors (Lipinski definition) is 3. The number of hydrogen-bond donors (Lipinski definition) is 1. The molecule has 0 radical (unpaired) electrons. The van der Waals surface area contributed by atoms with Crippen LogP contribution < -0.4 is 0 Å². The van der Waals surface area contributed by atoms with Gasteiger partial charge in [-0.3, -0.25) is 0 Å². The Kier molecular flexibility index (Phi) is 2.87. The average Bonchev–Trinajstić information content (AvgIpc) is 2.09. The first-order chi connectivity index (χ1) is 5.09. The zero-order valence-corrected chi connectivity index (χ0v) is 8.04. The van der Waals surface area contributed by atoms with E-state index in [4.69, 9.17) is 16.7 Å². The fourth-order valence-electron chi connectivity index (χ4n) is 0.862. The molecule has 1 heterocycles. The quantitative estimate of drug-likeness (QED) is 0.776. The Balaban J connectivity index is 2.77. The normalized spacial score (nSPS) is 13.5. The lowest BCUT2D eigenvalue weighted by Crippen LogP contribution is -2.05. The number of thiazole rings is 1. The van der Waals surface area contributed by atoms with E-state index in [1.807, 2.05) is 6.92 Å². The number of aliphatic hydroxyl groups excluding tert-OH is 1. The molecule has 0 spiro atoms. The summed E-state index contributed by atoms with van der Waals surface area (Å²) in [5.74, 6) is 0. The molecule has 1 rings (SSSR count). The van der Waals surface area contributed by atoms with E-state index in [0.29, 0.717) is 10.9 Å². The molecule has 0 saturated carbocycles. The number of aliphatic hydroxyl groups is 1. The maximum atomic E-state index is 9.06. The van der Waals surface area contributed by atoms with Gasteiger partial charge in [-0.1, -0.05) is 11.6 Å². The highest BCUT2D eigenvalue weighted by Gasteiger charge is 2.07. The molecule has 0 saturated heterocycles. The minimum Gasteiger partial charge on any atom is -0.393 e. The van der Waals surface area contributed by atoms with Crippen molar-refractivity contribution in [2.45, 2.75) is 26.4 Å². The first kappa shape index (κ1) is 8.97. The fraction of sp³-hybridized carbons (Fsp3) is 0.571. The monoisotopic (exact) mass is 191 g/mol. The van der Waals surface area contributed by atoms with Gasteiger partial charge in [-0.25, -0.2) is 4.98 Å². The van der Waals surface area contributed by atoms with E-state index >= 15 is 0 Å². The smallest absolute Gasteiger partial charge is 0.184 e. The third-order valence-electron chi connectivity index (χ3n) is 1.36. The van der Waals surface area contributed by atoms with Crippen molar-refractivity contribution in [3.05, 3.63) is 15.0 Å². The molecular weight excluding hydrogens is 182 g/mol. The van der Waals surface area contributed by atoms with Crippen molar-refractivity contribution in [2.75, 3.05) is 0 Å². The number of halogens is 1. The number of nitrogens with zero attached hydrogens (tertiary/aromatic N) is 1. The molecule has 0 aromatic carbocycles. The number of rotatable bonds is 2. The molecule has 0 aliphatic rings. The van der Waals surface area contributed by atoms with Crippen LogP contribution in [0.15, 0.2) is 0 Å². The minimum absolute atomic E-state index is 0.341. The van der Waals surface area contributed by atoms with Crippen LogP contribution in [0.3, 0.4) is 0 Å². The molecular formula is C7H10ClNOS. The van der Waals surface area contributed by atoms with E-state index in [1.165, 1.54) is 11.3 Å². The van der Waals surface area contributed by atoms with Gasteiger partial charge in [0.15, 0.2) is 4.47 Å². The van der Waals surface area contributed by atoms with E-state index in [2.05, 4.69) is 4.98 Å². The predicted molar refractivity (Wildman–Crippen MR) is 47.2 cm³/mol. The van der Waals surface area contributed by atoms with Crippen LogP contribution in [0.4, 0.5) is 0 Å². The van der Waals surface area contributed by atoms with Crippen LogP contribution in [0.1, 0.15) is 17.5 Å². The second-order valence-electron chi connectivity index (χ2n) is 2.52. The van der Waals surface area contributed by atoms with E-state index in [9.17, 15) is 0 Å². The Morgan fingerprint density at radius 3 is 2.73 bits per heavy atom. The molecule has 1 atom stereocenters. The van der Waals surface area contributed by atoms with Crippen LogP contribution >= 0.6 is 22.9 Å². The summed E-state index contributed by atoms with van der Waals surface area (Å²) in [6.07, 6.45) is 0.251. The summed E-state index contributed by atoms with van der Waals surface area (Å²) in [6, 6.07) is 0. The molecule has 0 bridgehead atoms. The first-order valence-corrected chi connectivity index (χ1v) is 4.59. The molecule has 0 fully saturated rings. The lowest BCUT2D eigenvalue weighted by atomic mass is 10.2. The SMILES string of the molecule is Cc1sc(Cl)nc1CC(C)O. The molecule has 1 aromatic rings. The molecule has 11 heavy (non-hydrogen) atoms. The van der Waals surface area contributed by atoms with Gasteiger partial charge in [0.25, 0.3) is 0 Å². The van der Waals surface area contributed by atoms with Crippen molar-refractivity contribution < 1.29 is 5.11 Å².